The molecule has 1 aliphatic rings. The van der Waals surface area contributed by atoms with Crippen LogP contribution < -0.4 is 9.47 Å². The standard InChI is InChI=1S/C23H16O4/c1-12(24)26-20-9-8-17-18-7-6-14-4-3-5-15-10-16(22(18)21(14)15)11-19(17)23(20)27-13(2)25/h3-9,11H,10H2,1-2H3. The Morgan fingerprint density at radius 1 is 0.778 bits per heavy atom. The van der Waals surface area contributed by atoms with E-state index in [9.17, 15) is 9.59 Å². The minimum Gasteiger partial charge on any atom is -0.423 e. The first-order valence-corrected chi connectivity index (χ1v) is 8.82. The van der Waals surface area contributed by atoms with Gasteiger partial charge in [0, 0.05) is 19.2 Å². The zero-order valence-corrected chi connectivity index (χ0v) is 15.0. The summed E-state index contributed by atoms with van der Waals surface area (Å²) in [5, 5.41) is 6.64. The molecule has 27 heavy (non-hydrogen) atoms. The van der Waals surface area contributed by atoms with Crippen molar-refractivity contribution < 1.29 is 19.1 Å². The van der Waals surface area contributed by atoms with Gasteiger partial charge in [-0.25, -0.2) is 0 Å². The Hall–Kier alpha value is -3.40. The lowest BCUT2D eigenvalue weighted by atomic mass is 9.96. The summed E-state index contributed by atoms with van der Waals surface area (Å²) >= 11 is 0. The molecule has 0 atom stereocenters. The van der Waals surface area contributed by atoms with Gasteiger partial charge in [-0.15, -0.1) is 0 Å². The molecule has 4 heteroatoms. The average molecular weight is 356 g/mol. The van der Waals surface area contributed by atoms with Gasteiger partial charge in [0.1, 0.15) is 0 Å². The number of hydrogen-bond donors (Lipinski definition) is 0. The van der Waals surface area contributed by atoms with Gasteiger partial charge in [0.2, 0.25) is 0 Å². The third-order valence-electron chi connectivity index (χ3n) is 5.10. The molecule has 0 aliphatic heterocycles. The predicted octanol–water partition coefficient (Wildman–Crippen LogP) is 4.90. The van der Waals surface area contributed by atoms with Crippen LogP contribution in [0.4, 0.5) is 0 Å². The maximum atomic E-state index is 11.7. The minimum atomic E-state index is -0.456. The molecule has 132 valence electrons. The Labute approximate surface area is 155 Å². The van der Waals surface area contributed by atoms with Crippen LogP contribution in [0.2, 0.25) is 0 Å². The molecule has 0 saturated heterocycles. The van der Waals surface area contributed by atoms with Crippen LogP contribution in [0.15, 0.2) is 48.5 Å². The number of rotatable bonds is 2. The molecule has 0 N–H and O–H groups in total. The molecule has 0 radical (unpaired) electrons. The van der Waals surface area contributed by atoms with Crippen LogP contribution in [-0.2, 0) is 16.0 Å². The lowest BCUT2D eigenvalue weighted by Crippen LogP contribution is -2.07. The van der Waals surface area contributed by atoms with E-state index in [1.807, 2.05) is 6.07 Å². The summed E-state index contributed by atoms with van der Waals surface area (Å²) in [7, 11) is 0. The Morgan fingerprint density at radius 2 is 1.56 bits per heavy atom. The minimum absolute atomic E-state index is 0.258. The van der Waals surface area contributed by atoms with E-state index in [-0.39, 0.29) is 5.75 Å². The second-order valence-electron chi connectivity index (χ2n) is 6.89. The van der Waals surface area contributed by atoms with Crippen molar-refractivity contribution in [2.24, 2.45) is 0 Å². The lowest BCUT2D eigenvalue weighted by molar-refractivity contribution is -0.134. The molecule has 0 fully saturated rings. The van der Waals surface area contributed by atoms with E-state index in [0.717, 1.165) is 22.6 Å². The molecule has 0 unspecified atom stereocenters. The third-order valence-corrected chi connectivity index (χ3v) is 5.10. The molecular formula is C23H16O4. The van der Waals surface area contributed by atoms with Crippen LogP contribution in [0, 0.1) is 0 Å². The van der Waals surface area contributed by atoms with Gasteiger partial charge in [-0.05, 0) is 62.7 Å². The maximum Gasteiger partial charge on any atom is 0.308 e. The quantitative estimate of drug-likeness (QED) is 0.256. The van der Waals surface area contributed by atoms with Gasteiger partial charge in [-0.1, -0.05) is 30.3 Å². The van der Waals surface area contributed by atoms with E-state index in [2.05, 4.69) is 36.4 Å². The van der Waals surface area contributed by atoms with Gasteiger partial charge in [0.05, 0.1) is 0 Å². The smallest absolute Gasteiger partial charge is 0.308 e. The first-order chi connectivity index (χ1) is 13.0. The highest BCUT2D eigenvalue weighted by atomic mass is 16.6. The number of benzene rings is 4. The Morgan fingerprint density at radius 3 is 2.33 bits per heavy atom. The molecule has 5 rings (SSSR count). The van der Waals surface area contributed by atoms with Crippen molar-refractivity contribution in [3.8, 4) is 11.5 Å². The number of hydrogen-bond acceptors (Lipinski definition) is 4. The number of carbonyl (C=O) groups is 2. The third kappa shape index (κ3) is 2.30. The van der Waals surface area contributed by atoms with Gasteiger partial charge in [0.25, 0.3) is 0 Å². The highest BCUT2D eigenvalue weighted by molar-refractivity contribution is 6.22. The zero-order chi connectivity index (χ0) is 18.7. The number of ether oxygens (including phenoxy) is 2. The Bertz CT molecular complexity index is 1300. The van der Waals surface area contributed by atoms with Crippen LogP contribution in [-0.4, -0.2) is 11.9 Å². The fraction of sp³-hybridized carbons (Fsp3) is 0.130. The van der Waals surface area contributed by atoms with Crippen molar-refractivity contribution in [2.45, 2.75) is 20.3 Å². The van der Waals surface area contributed by atoms with E-state index in [1.54, 1.807) is 6.07 Å². The van der Waals surface area contributed by atoms with Crippen LogP contribution in [0.5, 0.6) is 11.5 Å². The van der Waals surface area contributed by atoms with Crippen LogP contribution in [0.25, 0.3) is 32.3 Å². The number of carbonyl (C=O) groups excluding carboxylic acids is 2. The van der Waals surface area contributed by atoms with Crippen LogP contribution in [0.1, 0.15) is 25.0 Å². The van der Waals surface area contributed by atoms with Gasteiger partial charge < -0.3 is 9.47 Å². The molecule has 0 saturated carbocycles. The molecule has 4 aromatic rings. The van der Waals surface area contributed by atoms with E-state index < -0.39 is 11.9 Å². The summed E-state index contributed by atoms with van der Waals surface area (Å²) in [5.41, 5.74) is 2.50. The van der Waals surface area contributed by atoms with E-state index in [1.165, 1.54) is 41.1 Å². The van der Waals surface area contributed by atoms with E-state index in [4.69, 9.17) is 9.47 Å². The highest BCUT2D eigenvalue weighted by Crippen LogP contribution is 2.45. The maximum absolute atomic E-state index is 11.7. The fourth-order valence-corrected chi connectivity index (χ4v) is 4.19. The van der Waals surface area contributed by atoms with Gasteiger partial charge in [-0.2, -0.15) is 0 Å². The monoisotopic (exact) mass is 356 g/mol. The van der Waals surface area contributed by atoms with Crippen molar-refractivity contribution in [3.05, 3.63) is 59.7 Å². The average Bonchev–Trinajstić information content (AvgIpc) is 3.00. The largest absolute Gasteiger partial charge is 0.423 e. The Kier molecular flexibility index (Phi) is 3.25. The van der Waals surface area contributed by atoms with Crippen LogP contribution in [0.3, 0.4) is 0 Å². The summed E-state index contributed by atoms with van der Waals surface area (Å²) in [6.45, 7) is 2.67. The molecule has 0 heterocycles. The molecule has 0 bridgehead atoms. The molecule has 4 aromatic carbocycles. The van der Waals surface area contributed by atoms with Gasteiger partial charge in [0.15, 0.2) is 11.5 Å². The summed E-state index contributed by atoms with van der Waals surface area (Å²) < 4.78 is 10.8. The van der Waals surface area contributed by atoms with Gasteiger partial charge in [-0.3, -0.25) is 9.59 Å². The molecule has 1 aliphatic carbocycles. The first-order valence-electron chi connectivity index (χ1n) is 8.82. The van der Waals surface area contributed by atoms with Crippen molar-refractivity contribution in [2.75, 3.05) is 0 Å². The molecule has 0 amide bonds. The number of fused-ring (bicyclic) bond motifs is 2. The molecule has 0 aromatic heterocycles. The summed E-state index contributed by atoms with van der Waals surface area (Å²) in [5.74, 6) is -0.355. The SMILES string of the molecule is CC(=O)Oc1ccc2c(cc3c4c2ccc2cccc(c24)C3)c1OC(C)=O. The van der Waals surface area contributed by atoms with Crippen molar-refractivity contribution in [3.63, 3.8) is 0 Å². The molecule has 4 nitrogen and oxygen atoms in total. The van der Waals surface area contributed by atoms with E-state index in [0.29, 0.717) is 5.75 Å². The fourth-order valence-electron chi connectivity index (χ4n) is 4.19. The molecular weight excluding hydrogens is 340 g/mol. The number of esters is 2. The van der Waals surface area contributed by atoms with Crippen LogP contribution >= 0.6 is 0 Å². The predicted molar refractivity (Wildman–Crippen MR) is 104 cm³/mol. The summed E-state index contributed by atoms with van der Waals surface area (Å²) in [6.07, 6.45) is 0.834. The summed E-state index contributed by atoms with van der Waals surface area (Å²) in [6, 6.07) is 16.3. The van der Waals surface area contributed by atoms with Crippen molar-refractivity contribution in [1.29, 1.82) is 0 Å². The summed E-state index contributed by atoms with van der Waals surface area (Å²) in [4.78, 5) is 23.2. The van der Waals surface area contributed by atoms with Gasteiger partial charge >= 0.3 is 11.9 Å². The second-order valence-corrected chi connectivity index (χ2v) is 6.89. The zero-order valence-electron chi connectivity index (χ0n) is 15.0. The normalized spacial score (nSPS) is 12.2. The lowest BCUT2D eigenvalue weighted by Gasteiger charge is -2.14. The van der Waals surface area contributed by atoms with Crippen molar-refractivity contribution >= 4 is 44.3 Å². The van der Waals surface area contributed by atoms with E-state index >= 15 is 0 Å². The highest BCUT2D eigenvalue weighted by Gasteiger charge is 2.22. The van der Waals surface area contributed by atoms with Crippen molar-refractivity contribution in [1.82, 2.24) is 0 Å². The Balaban J connectivity index is 1.90. The second kappa shape index (κ2) is 5.55. The molecule has 0 spiro atoms. The topological polar surface area (TPSA) is 52.6 Å². The first kappa shape index (κ1) is 15.8.